The molecule has 8 nitrogen and oxygen atoms in total. The zero-order valence-corrected chi connectivity index (χ0v) is 31.9. The topological polar surface area (TPSA) is 106 Å². The standard InChI is InChI=1S/C40H32N8.Zn/c1-17-9-25-26(10-18(17)2)34-41-33(25)45-35-27-11-19(3)20(4)12-28(27)37(42-35)47-39-31-15-23(7)24(8)16-32(31)40(44-39)48-38-30-14-22(6)21(5)13-29(30)36(43-38)46-34;/h9-16H,1-8H3;/q-2;+2. The first-order chi connectivity index (χ1) is 23.0. The summed E-state index contributed by atoms with van der Waals surface area (Å²) >= 11 is 0. The molecule has 0 saturated carbocycles. The molecule has 234 valence electrons. The van der Waals surface area contributed by atoms with E-state index in [1.54, 1.807) is 0 Å². The Hall–Kier alpha value is -5.14. The molecule has 0 aliphatic carbocycles. The van der Waals surface area contributed by atoms with Crippen molar-refractivity contribution in [2.75, 3.05) is 0 Å². The van der Waals surface area contributed by atoms with E-state index < -0.39 is 0 Å². The molecule has 8 bridgehead atoms. The third kappa shape index (κ3) is 4.74. The van der Waals surface area contributed by atoms with Crippen LogP contribution in [0.15, 0.2) is 48.5 Å². The van der Waals surface area contributed by atoms with Crippen LogP contribution in [0.5, 0.6) is 0 Å². The molecule has 5 heterocycles. The molecule has 0 radical (unpaired) electrons. The van der Waals surface area contributed by atoms with Crippen molar-refractivity contribution in [2.24, 2.45) is 0 Å². The van der Waals surface area contributed by atoms with E-state index in [4.69, 9.17) is 39.9 Å². The van der Waals surface area contributed by atoms with Crippen LogP contribution < -0.4 is 9.97 Å². The van der Waals surface area contributed by atoms with Gasteiger partial charge in [0.25, 0.3) is 0 Å². The van der Waals surface area contributed by atoms with E-state index >= 15 is 0 Å². The summed E-state index contributed by atoms with van der Waals surface area (Å²) in [6, 6.07) is 17.2. The normalized spacial score (nSPS) is 11.9. The van der Waals surface area contributed by atoms with Gasteiger partial charge in [-0.25, -0.2) is 9.97 Å². The molecule has 0 unspecified atom stereocenters. The third-order valence-electron chi connectivity index (χ3n) is 10.2. The fourth-order valence-corrected chi connectivity index (χ4v) is 6.71. The van der Waals surface area contributed by atoms with Crippen molar-refractivity contribution in [1.82, 2.24) is 39.9 Å². The van der Waals surface area contributed by atoms with Crippen LogP contribution in [0, 0.1) is 55.4 Å². The number of fused-ring (bicyclic) bond motifs is 20. The van der Waals surface area contributed by atoms with Crippen molar-refractivity contribution in [3.8, 4) is 45.6 Å². The maximum Gasteiger partial charge on any atom is 2.00 e. The van der Waals surface area contributed by atoms with Crippen LogP contribution in [0.25, 0.3) is 89.7 Å². The maximum absolute atomic E-state index is 5.14. The summed E-state index contributed by atoms with van der Waals surface area (Å²) < 4.78 is 0. The summed E-state index contributed by atoms with van der Waals surface area (Å²) in [6.45, 7) is 16.9. The molecule has 0 N–H and O–H groups in total. The van der Waals surface area contributed by atoms with Crippen molar-refractivity contribution < 1.29 is 19.5 Å². The third-order valence-corrected chi connectivity index (χ3v) is 10.2. The quantitative estimate of drug-likeness (QED) is 0.146. The fourth-order valence-electron chi connectivity index (χ4n) is 6.71. The Morgan fingerprint density at radius 3 is 0.735 bits per heavy atom. The Morgan fingerprint density at radius 1 is 0.306 bits per heavy atom. The molecule has 2 aliphatic rings. The molecule has 4 aromatic carbocycles. The van der Waals surface area contributed by atoms with Crippen LogP contribution in [-0.4, -0.2) is 29.9 Å². The largest absolute Gasteiger partial charge is 2.00 e. The zero-order chi connectivity index (χ0) is 33.2. The van der Waals surface area contributed by atoms with Crippen molar-refractivity contribution in [3.63, 3.8) is 0 Å². The molecule has 0 amide bonds. The summed E-state index contributed by atoms with van der Waals surface area (Å²) in [5.41, 5.74) is 15.2. The van der Waals surface area contributed by atoms with Gasteiger partial charge in [-0.2, -0.15) is 0 Å². The van der Waals surface area contributed by atoms with Gasteiger partial charge in [-0.15, -0.1) is 0 Å². The molecule has 9 rings (SSSR count). The maximum atomic E-state index is 5.14. The SMILES string of the molecule is Cc1cc2c(cc1C)-c1nc-2nc2[n-]c(nc3nc(nc4[n-]c(n1)c1cc(C)c(C)cc41)-c1cc(C)c(C)cc1-3)c1cc(C)c(C)cc21.[Zn+2]. The summed E-state index contributed by atoms with van der Waals surface area (Å²) in [4.78, 5) is 40.8. The Labute approximate surface area is 296 Å². The van der Waals surface area contributed by atoms with Gasteiger partial charge in [0.2, 0.25) is 0 Å². The summed E-state index contributed by atoms with van der Waals surface area (Å²) in [5, 5.41) is 3.69. The molecule has 7 aromatic rings. The fraction of sp³-hybridized carbons (Fsp3) is 0.200. The average molecular weight is 690 g/mol. The van der Waals surface area contributed by atoms with E-state index in [2.05, 4.69) is 104 Å². The van der Waals surface area contributed by atoms with E-state index in [1.807, 2.05) is 0 Å². The number of hydrogen-bond donors (Lipinski definition) is 0. The number of aryl methyl sites for hydroxylation is 8. The molecule has 0 fully saturated rings. The molecule has 3 aromatic heterocycles. The minimum Gasteiger partial charge on any atom is -0.357 e. The van der Waals surface area contributed by atoms with E-state index in [0.29, 0.717) is 45.9 Å². The molecule has 2 aliphatic heterocycles. The van der Waals surface area contributed by atoms with Crippen LogP contribution in [0.1, 0.15) is 44.5 Å². The van der Waals surface area contributed by atoms with Crippen LogP contribution in [-0.2, 0) is 19.5 Å². The van der Waals surface area contributed by atoms with Gasteiger partial charge in [0.05, 0.1) is 23.3 Å². The molecule has 49 heavy (non-hydrogen) atoms. The molecule has 9 heteroatoms. The van der Waals surface area contributed by atoms with Gasteiger partial charge in [-0.1, -0.05) is 24.3 Å². The van der Waals surface area contributed by atoms with Crippen molar-refractivity contribution in [1.29, 1.82) is 0 Å². The van der Waals surface area contributed by atoms with Crippen LogP contribution >= 0.6 is 0 Å². The van der Waals surface area contributed by atoms with Gasteiger partial charge in [-0.3, -0.25) is 0 Å². The predicted octanol–water partition coefficient (Wildman–Crippen LogP) is 8.59. The molecule has 0 spiro atoms. The van der Waals surface area contributed by atoms with Gasteiger partial charge in [0, 0.05) is 44.8 Å². The van der Waals surface area contributed by atoms with E-state index in [9.17, 15) is 0 Å². The Kier molecular flexibility index (Phi) is 6.96. The van der Waals surface area contributed by atoms with Crippen LogP contribution in [0.3, 0.4) is 0 Å². The van der Waals surface area contributed by atoms with Crippen LogP contribution in [0.4, 0.5) is 0 Å². The minimum atomic E-state index is 0. The van der Waals surface area contributed by atoms with Gasteiger partial charge in [0.15, 0.2) is 0 Å². The summed E-state index contributed by atoms with van der Waals surface area (Å²) in [7, 11) is 0. The predicted molar refractivity (Wildman–Crippen MR) is 192 cm³/mol. The Balaban J connectivity index is 0.00000348. The Bertz CT molecular complexity index is 2400. The van der Waals surface area contributed by atoms with E-state index in [-0.39, 0.29) is 19.5 Å². The Morgan fingerprint density at radius 2 is 0.510 bits per heavy atom. The van der Waals surface area contributed by atoms with Crippen molar-refractivity contribution in [2.45, 2.75) is 55.4 Å². The van der Waals surface area contributed by atoms with Gasteiger partial charge in [-0.05, 0) is 146 Å². The second-order valence-electron chi connectivity index (χ2n) is 13.4. The number of hydrogen-bond acceptors (Lipinski definition) is 6. The second kappa shape index (κ2) is 10.9. The van der Waals surface area contributed by atoms with Crippen LogP contribution in [0.2, 0.25) is 0 Å². The minimum absolute atomic E-state index is 0. The monoisotopic (exact) mass is 688 g/mol. The van der Waals surface area contributed by atoms with Gasteiger partial charge in [0.1, 0.15) is 0 Å². The molecular formula is C40H32N8Zn. The average Bonchev–Trinajstić information content (AvgIpc) is 3.74. The van der Waals surface area contributed by atoms with Gasteiger partial charge >= 0.3 is 19.5 Å². The van der Waals surface area contributed by atoms with E-state index in [0.717, 1.165) is 88.3 Å². The smallest absolute Gasteiger partial charge is 0.357 e. The number of nitrogens with zero attached hydrogens (tertiary/aromatic N) is 8. The summed E-state index contributed by atoms with van der Waals surface area (Å²) in [6.07, 6.45) is 0. The van der Waals surface area contributed by atoms with E-state index in [1.165, 1.54) is 0 Å². The molecule has 0 saturated heterocycles. The summed E-state index contributed by atoms with van der Waals surface area (Å²) in [5.74, 6) is 2.28. The van der Waals surface area contributed by atoms with Gasteiger partial charge < -0.3 is 29.9 Å². The molecular weight excluding hydrogens is 658 g/mol. The van der Waals surface area contributed by atoms with Crippen molar-refractivity contribution in [3.05, 3.63) is 93.0 Å². The number of benzene rings is 4. The number of rotatable bonds is 0. The first-order valence-electron chi connectivity index (χ1n) is 16.2. The van der Waals surface area contributed by atoms with Crippen molar-refractivity contribution >= 4 is 44.1 Å². The first kappa shape index (κ1) is 31.2. The first-order valence-corrected chi connectivity index (χ1v) is 16.2. The molecule has 0 atom stereocenters. The second-order valence-corrected chi connectivity index (χ2v) is 13.4. The zero-order valence-electron chi connectivity index (χ0n) is 28.9. The number of aromatic nitrogens is 8.